The zero-order valence-corrected chi connectivity index (χ0v) is 6.04. The van der Waals surface area contributed by atoms with Crippen LogP contribution in [0.1, 0.15) is 19.8 Å². The summed E-state index contributed by atoms with van der Waals surface area (Å²) in [4.78, 5) is 3.86. The smallest absolute Gasteiger partial charge is 0.186 e. The predicted molar refractivity (Wildman–Crippen MR) is 39.5 cm³/mol. The van der Waals surface area contributed by atoms with Gasteiger partial charge in [0.25, 0.3) is 0 Å². The van der Waals surface area contributed by atoms with Crippen molar-refractivity contribution in [3.05, 3.63) is 0 Å². The largest absolute Gasteiger partial charge is 0.388 e. The lowest BCUT2D eigenvalue weighted by molar-refractivity contribution is -0.0357. The molecule has 58 valence electrons. The molecule has 2 atom stereocenters. The Bertz CT molecular complexity index is 160. The maximum absolute atomic E-state index is 9.40. The molecule has 0 amide bonds. The average molecular weight is 143 g/mol. The zero-order chi connectivity index (χ0) is 7.78. The minimum Gasteiger partial charge on any atom is -0.388 e. The van der Waals surface area contributed by atoms with Crippen LogP contribution in [-0.2, 0) is 0 Å². The summed E-state index contributed by atoms with van der Waals surface area (Å²) < 4.78 is 0. The lowest BCUT2D eigenvalue weighted by atomic mass is 9.77. The van der Waals surface area contributed by atoms with Gasteiger partial charge >= 0.3 is 0 Å². The quantitative estimate of drug-likeness (QED) is 0.331. The molecule has 0 spiro atoms. The van der Waals surface area contributed by atoms with Crippen LogP contribution in [-0.4, -0.2) is 22.7 Å². The molecule has 0 aliphatic heterocycles. The first-order chi connectivity index (χ1) is 4.52. The number of hydrogen-bond donors (Lipinski definition) is 3. The molecule has 1 aliphatic carbocycles. The van der Waals surface area contributed by atoms with Crippen LogP contribution in [0.3, 0.4) is 0 Å². The summed E-state index contributed by atoms with van der Waals surface area (Å²) in [6.07, 6.45) is 1.67. The summed E-state index contributed by atoms with van der Waals surface area (Å²) in [5.41, 5.74) is 9.60. The minimum atomic E-state index is -0.677. The maximum atomic E-state index is 9.40. The fraction of sp³-hybridized carbons (Fsp3) is 0.833. The topological polar surface area (TPSA) is 84.6 Å². The van der Waals surface area contributed by atoms with Crippen LogP contribution in [0.5, 0.6) is 0 Å². The maximum Gasteiger partial charge on any atom is 0.186 e. The highest BCUT2D eigenvalue weighted by atomic mass is 16.3. The fourth-order valence-electron chi connectivity index (χ4n) is 1.07. The molecule has 4 heteroatoms. The van der Waals surface area contributed by atoms with Crippen LogP contribution in [0.4, 0.5) is 0 Å². The fourth-order valence-corrected chi connectivity index (χ4v) is 1.07. The second kappa shape index (κ2) is 2.12. The Balaban J connectivity index is 2.53. The molecule has 0 radical (unpaired) electrons. The van der Waals surface area contributed by atoms with Crippen molar-refractivity contribution in [3.63, 3.8) is 0 Å². The van der Waals surface area contributed by atoms with Crippen molar-refractivity contribution in [1.82, 2.24) is 0 Å². The number of hydrogen-bond acceptors (Lipinski definition) is 2. The number of nitrogens with zero attached hydrogens (tertiary/aromatic N) is 1. The average Bonchev–Trinajstić information content (AvgIpc) is 1.81. The molecule has 0 aromatic heterocycles. The van der Waals surface area contributed by atoms with Crippen LogP contribution in [0.15, 0.2) is 4.99 Å². The van der Waals surface area contributed by atoms with Gasteiger partial charge < -0.3 is 16.6 Å². The molecule has 4 nitrogen and oxygen atoms in total. The van der Waals surface area contributed by atoms with Gasteiger partial charge in [0.1, 0.15) is 0 Å². The van der Waals surface area contributed by atoms with Crippen molar-refractivity contribution < 1.29 is 5.11 Å². The molecule has 10 heavy (non-hydrogen) atoms. The molecule has 0 bridgehead atoms. The van der Waals surface area contributed by atoms with E-state index in [1.165, 1.54) is 0 Å². The van der Waals surface area contributed by atoms with Crippen LogP contribution < -0.4 is 11.5 Å². The summed E-state index contributed by atoms with van der Waals surface area (Å²) in [6, 6.07) is -0.0856. The van der Waals surface area contributed by atoms with Crippen LogP contribution in [0, 0.1) is 0 Å². The first kappa shape index (κ1) is 7.34. The number of aliphatic imine (C=N–C) groups is 1. The molecule has 2 unspecified atom stereocenters. The van der Waals surface area contributed by atoms with E-state index >= 15 is 0 Å². The van der Waals surface area contributed by atoms with E-state index in [2.05, 4.69) is 4.99 Å². The van der Waals surface area contributed by atoms with Gasteiger partial charge in [0.15, 0.2) is 5.96 Å². The Morgan fingerprint density at radius 3 is 2.40 bits per heavy atom. The number of rotatable bonds is 1. The van der Waals surface area contributed by atoms with E-state index in [1.54, 1.807) is 6.92 Å². The summed E-state index contributed by atoms with van der Waals surface area (Å²) in [5, 5.41) is 9.40. The van der Waals surface area contributed by atoms with E-state index in [4.69, 9.17) is 11.5 Å². The van der Waals surface area contributed by atoms with Gasteiger partial charge in [-0.3, -0.25) is 0 Å². The van der Waals surface area contributed by atoms with E-state index in [0.29, 0.717) is 0 Å². The molecule has 5 N–H and O–H groups in total. The van der Waals surface area contributed by atoms with Crippen LogP contribution in [0.2, 0.25) is 0 Å². The molecule has 1 saturated carbocycles. The Kier molecular flexibility index (Phi) is 1.56. The molecule has 1 fully saturated rings. The highest BCUT2D eigenvalue weighted by Gasteiger charge is 2.40. The molecule has 0 aromatic rings. The summed E-state index contributed by atoms with van der Waals surface area (Å²) in [7, 11) is 0. The first-order valence-electron chi connectivity index (χ1n) is 3.33. The van der Waals surface area contributed by atoms with E-state index < -0.39 is 5.60 Å². The molecule has 0 saturated heterocycles. The Hall–Kier alpha value is -0.770. The predicted octanol–water partition coefficient (Wildman–Crippen LogP) is -0.827. The van der Waals surface area contributed by atoms with E-state index in [-0.39, 0.29) is 12.0 Å². The normalized spacial score (nSPS) is 38.4. The molecule has 1 aliphatic rings. The zero-order valence-electron chi connectivity index (χ0n) is 6.04. The highest BCUT2D eigenvalue weighted by Crippen LogP contribution is 2.33. The minimum absolute atomic E-state index is 0.0602. The van der Waals surface area contributed by atoms with E-state index in [9.17, 15) is 5.11 Å². The van der Waals surface area contributed by atoms with Gasteiger partial charge in [0.2, 0.25) is 0 Å². The lowest BCUT2D eigenvalue weighted by Gasteiger charge is -2.39. The second-order valence-corrected chi connectivity index (χ2v) is 2.97. The van der Waals surface area contributed by atoms with Crippen molar-refractivity contribution >= 4 is 5.96 Å². The van der Waals surface area contributed by atoms with Crippen molar-refractivity contribution in [3.8, 4) is 0 Å². The monoisotopic (exact) mass is 143 g/mol. The summed E-state index contributed by atoms with van der Waals surface area (Å²) >= 11 is 0. The number of nitrogens with two attached hydrogens (primary N) is 2. The highest BCUT2D eigenvalue weighted by molar-refractivity contribution is 5.76. The number of aliphatic hydroxyl groups is 1. The van der Waals surface area contributed by atoms with Gasteiger partial charge in [0.05, 0.1) is 11.6 Å². The lowest BCUT2D eigenvalue weighted by Crippen LogP contribution is -2.49. The third-order valence-electron chi connectivity index (χ3n) is 1.95. The Morgan fingerprint density at radius 2 is 2.30 bits per heavy atom. The van der Waals surface area contributed by atoms with Crippen molar-refractivity contribution in [2.45, 2.75) is 31.4 Å². The number of guanidine groups is 1. The van der Waals surface area contributed by atoms with Gasteiger partial charge in [-0.1, -0.05) is 0 Å². The Morgan fingerprint density at radius 1 is 1.70 bits per heavy atom. The van der Waals surface area contributed by atoms with Crippen molar-refractivity contribution in [2.75, 3.05) is 0 Å². The molecular weight excluding hydrogens is 130 g/mol. The molecule has 0 aromatic carbocycles. The standard InChI is InChI=1S/C6H13N3O/c1-6(10)3-2-4(6)9-5(7)8/h4,10H,2-3H2,1H3,(H4,7,8,9). The second-order valence-electron chi connectivity index (χ2n) is 2.97. The SMILES string of the molecule is CC1(O)CCC1N=C(N)N. The summed E-state index contributed by atoms with van der Waals surface area (Å²) in [6.45, 7) is 1.74. The van der Waals surface area contributed by atoms with Crippen LogP contribution in [0.25, 0.3) is 0 Å². The van der Waals surface area contributed by atoms with Crippen molar-refractivity contribution in [1.29, 1.82) is 0 Å². The van der Waals surface area contributed by atoms with E-state index in [1.807, 2.05) is 0 Å². The third-order valence-corrected chi connectivity index (χ3v) is 1.95. The van der Waals surface area contributed by atoms with Gasteiger partial charge in [-0.2, -0.15) is 0 Å². The summed E-state index contributed by atoms with van der Waals surface area (Å²) in [5.74, 6) is 0.0602. The van der Waals surface area contributed by atoms with Crippen molar-refractivity contribution in [2.24, 2.45) is 16.5 Å². The van der Waals surface area contributed by atoms with E-state index in [0.717, 1.165) is 12.8 Å². The van der Waals surface area contributed by atoms with Gasteiger partial charge in [-0.25, -0.2) is 4.99 Å². The molecule has 0 heterocycles. The van der Waals surface area contributed by atoms with Crippen LogP contribution >= 0.6 is 0 Å². The van der Waals surface area contributed by atoms with Gasteiger partial charge in [0, 0.05) is 0 Å². The molecule has 1 rings (SSSR count). The molecular formula is C6H13N3O. The Labute approximate surface area is 59.9 Å². The third kappa shape index (κ3) is 1.21. The first-order valence-corrected chi connectivity index (χ1v) is 3.33. The van der Waals surface area contributed by atoms with Gasteiger partial charge in [-0.05, 0) is 19.8 Å². The van der Waals surface area contributed by atoms with Gasteiger partial charge in [-0.15, -0.1) is 0 Å².